The molecule has 1 atom stereocenters. The molecular formula is C28H34N2O8S2. The maximum absolute atomic E-state index is 13.9. The van der Waals surface area contributed by atoms with E-state index < -0.39 is 32.3 Å². The summed E-state index contributed by atoms with van der Waals surface area (Å²) >= 11 is 0. The average Bonchev–Trinajstić information content (AvgIpc) is 2.93. The first kappa shape index (κ1) is 29.7. The summed E-state index contributed by atoms with van der Waals surface area (Å²) in [6.07, 6.45) is -0.525. The van der Waals surface area contributed by atoms with Crippen molar-refractivity contribution in [1.29, 1.82) is 0 Å². The predicted molar refractivity (Wildman–Crippen MR) is 152 cm³/mol. The molecule has 12 heteroatoms. The number of nitrogens with one attached hydrogen (secondary N) is 1. The lowest BCUT2D eigenvalue weighted by atomic mass is 9.88. The van der Waals surface area contributed by atoms with Gasteiger partial charge >= 0.3 is 0 Å². The molecule has 3 aromatic carbocycles. The van der Waals surface area contributed by atoms with Gasteiger partial charge in [-0.25, -0.2) is 16.8 Å². The first-order valence-corrected chi connectivity index (χ1v) is 15.4. The van der Waals surface area contributed by atoms with Crippen LogP contribution in [0.5, 0.6) is 11.5 Å². The van der Waals surface area contributed by atoms with Crippen LogP contribution in [0.3, 0.4) is 0 Å². The molecule has 0 aliphatic carbocycles. The fraction of sp³-hybridized carbons (Fsp3) is 0.357. The van der Waals surface area contributed by atoms with Gasteiger partial charge in [-0.15, -0.1) is 0 Å². The van der Waals surface area contributed by atoms with Crippen LogP contribution in [0.4, 0.5) is 11.4 Å². The number of anilines is 2. The zero-order chi connectivity index (χ0) is 29.2. The topological polar surface area (TPSA) is 120 Å². The van der Waals surface area contributed by atoms with Gasteiger partial charge in [0.25, 0.3) is 20.0 Å². The normalized spacial score (nSPS) is 15.6. The molecule has 0 fully saturated rings. The van der Waals surface area contributed by atoms with Gasteiger partial charge in [-0.2, -0.15) is 0 Å². The van der Waals surface area contributed by atoms with E-state index in [-0.39, 0.29) is 45.6 Å². The van der Waals surface area contributed by atoms with E-state index in [2.05, 4.69) is 4.72 Å². The average molecular weight is 591 g/mol. The fourth-order valence-electron chi connectivity index (χ4n) is 4.89. The van der Waals surface area contributed by atoms with E-state index in [0.29, 0.717) is 5.56 Å². The van der Waals surface area contributed by atoms with Crippen molar-refractivity contribution in [1.82, 2.24) is 0 Å². The van der Waals surface area contributed by atoms with Crippen molar-refractivity contribution in [2.75, 3.05) is 44.0 Å². The van der Waals surface area contributed by atoms with Crippen LogP contribution in [0, 0.1) is 13.8 Å². The Morgan fingerprint density at radius 1 is 0.825 bits per heavy atom. The third-order valence-corrected chi connectivity index (χ3v) is 10.1. The largest absolute Gasteiger partial charge is 0.493 e. The van der Waals surface area contributed by atoms with Gasteiger partial charge in [0.2, 0.25) is 0 Å². The lowest BCUT2D eigenvalue weighted by Gasteiger charge is -2.39. The number of hydrogen-bond acceptors (Lipinski definition) is 8. The first-order chi connectivity index (χ1) is 19.0. The van der Waals surface area contributed by atoms with Gasteiger partial charge in [0.15, 0.2) is 17.8 Å². The van der Waals surface area contributed by atoms with Crippen LogP contribution >= 0.6 is 0 Å². The molecule has 4 rings (SSSR count). The number of nitrogens with zero attached hydrogens (tertiary/aromatic N) is 1. The highest BCUT2D eigenvalue weighted by molar-refractivity contribution is 7.93. The van der Waals surface area contributed by atoms with Crippen LogP contribution in [0.1, 0.15) is 29.0 Å². The molecule has 0 saturated heterocycles. The number of rotatable bonds is 10. The van der Waals surface area contributed by atoms with Crippen molar-refractivity contribution in [3.8, 4) is 11.5 Å². The van der Waals surface area contributed by atoms with Crippen LogP contribution < -0.4 is 18.5 Å². The summed E-state index contributed by atoms with van der Waals surface area (Å²) in [5.41, 5.74) is 2.44. The Morgan fingerprint density at radius 3 is 1.88 bits per heavy atom. The minimum atomic E-state index is -4.13. The second-order valence-electron chi connectivity index (χ2n) is 9.46. The molecule has 216 valence electrons. The van der Waals surface area contributed by atoms with Crippen molar-refractivity contribution in [2.24, 2.45) is 0 Å². The molecule has 1 aliphatic rings. The molecule has 0 saturated carbocycles. The maximum atomic E-state index is 13.9. The zero-order valence-electron chi connectivity index (χ0n) is 23.3. The van der Waals surface area contributed by atoms with E-state index in [0.717, 1.165) is 11.1 Å². The van der Waals surface area contributed by atoms with Crippen molar-refractivity contribution in [3.63, 3.8) is 0 Å². The van der Waals surface area contributed by atoms with Gasteiger partial charge < -0.3 is 18.9 Å². The Bertz CT molecular complexity index is 1570. The minimum Gasteiger partial charge on any atom is -0.493 e. The highest BCUT2D eigenvalue weighted by atomic mass is 32.2. The van der Waals surface area contributed by atoms with Crippen LogP contribution in [-0.2, 0) is 29.5 Å². The number of benzene rings is 3. The highest BCUT2D eigenvalue weighted by Gasteiger charge is 2.41. The van der Waals surface area contributed by atoms with E-state index in [1.54, 1.807) is 36.4 Å². The van der Waals surface area contributed by atoms with Crippen molar-refractivity contribution in [3.05, 3.63) is 71.3 Å². The predicted octanol–water partition coefficient (Wildman–Crippen LogP) is 4.42. The SMILES string of the molecule is COc1cc2c(c(NS(=O)(=O)c3ccc(C)cc3)c1OC)C(C(OC)OC)CCN2S(=O)(=O)c1ccc(C)cc1. The minimum absolute atomic E-state index is 0.0308. The lowest BCUT2D eigenvalue weighted by Crippen LogP contribution is -2.40. The standard InChI is InChI=1S/C28H34N2O8S2/c1-18-7-11-20(12-8-18)39(31,32)29-26-25-22(28(37-5)38-6)15-16-30(23(25)17-24(35-3)27(26)36-4)40(33,34)21-13-9-19(2)10-14-21/h7-14,17,22,28-29H,15-16H2,1-6H3. The summed E-state index contributed by atoms with van der Waals surface area (Å²) in [7, 11) is -2.44. The number of hydrogen-bond donors (Lipinski definition) is 1. The number of aryl methyl sites for hydroxylation is 2. The third-order valence-electron chi connectivity index (χ3n) is 6.94. The highest BCUT2D eigenvalue weighted by Crippen LogP contribution is 2.52. The van der Waals surface area contributed by atoms with Gasteiger partial charge in [0.1, 0.15) is 5.69 Å². The summed E-state index contributed by atoms with van der Waals surface area (Å²) in [4.78, 5) is 0.136. The molecule has 1 aliphatic heterocycles. The summed E-state index contributed by atoms with van der Waals surface area (Å²) < 4.78 is 81.4. The quantitative estimate of drug-likeness (QED) is 0.345. The molecule has 1 heterocycles. The molecule has 3 aromatic rings. The Kier molecular flexibility index (Phi) is 8.64. The van der Waals surface area contributed by atoms with Gasteiger partial charge in [0, 0.05) is 38.3 Å². The van der Waals surface area contributed by atoms with E-state index >= 15 is 0 Å². The third kappa shape index (κ3) is 5.49. The van der Waals surface area contributed by atoms with E-state index in [4.69, 9.17) is 18.9 Å². The summed E-state index contributed by atoms with van der Waals surface area (Å²) in [6.45, 7) is 3.82. The van der Waals surface area contributed by atoms with Gasteiger partial charge in [-0.05, 0) is 44.5 Å². The summed E-state index contributed by atoms with van der Waals surface area (Å²) in [6, 6.07) is 14.5. The van der Waals surface area contributed by atoms with E-state index in [1.807, 2.05) is 13.8 Å². The van der Waals surface area contributed by atoms with Crippen molar-refractivity contribution in [2.45, 2.75) is 42.3 Å². The molecular weight excluding hydrogens is 556 g/mol. The summed E-state index contributed by atoms with van der Waals surface area (Å²) in [5.74, 6) is -0.300. The van der Waals surface area contributed by atoms with Crippen LogP contribution in [0.15, 0.2) is 64.4 Å². The van der Waals surface area contributed by atoms with Crippen molar-refractivity contribution < 1.29 is 35.8 Å². The molecule has 10 nitrogen and oxygen atoms in total. The molecule has 0 radical (unpaired) electrons. The molecule has 0 aromatic heterocycles. The molecule has 0 bridgehead atoms. The van der Waals surface area contributed by atoms with Gasteiger partial charge in [-0.3, -0.25) is 9.03 Å². The second kappa shape index (κ2) is 11.7. The van der Waals surface area contributed by atoms with Crippen LogP contribution in [0.25, 0.3) is 0 Å². The van der Waals surface area contributed by atoms with Crippen LogP contribution in [-0.4, -0.2) is 58.1 Å². The number of fused-ring (bicyclic) bond motifs is 1. The second-order valence-corrected chi connectivity index (χ2v) is 13.0. The molecule has 0 amide bonds. The number of methoxy groups -OCH3 is 4. The Balaban J connectivity index is 2.00. The number of ether oxygens (including phenoxy) is 4. The smallest absolute Gasteiger partial charge is 0.264 e. The molecule has 40 heavy (non-hydrogen) atoms. The molecule has 0 spiro atoms. The van der Waals surface area contributed by atoms with Crippen molar-refractivity contribution >= 4 is 31.4 Å². The summed E-state index contributed by atoms with van der Waals surface area (Å²) in [5, 5.41) is 0. The molecule has 1 unspecified atom stereocenters. The lowest BCUT2D eigenvalue weighted by molar-refractivity contribution is -0.119. The Morgan fingerprint density at radius 2 is 1.38 bits per heavy atom. The fourth-order valence-corrected chi connectivity index (χ4v) is 7.47. The van der Waals surface area contributed by atoms with Crippen LogP contribution in [0.2, 0.25) is 0 Å². The number of sulfonamides is 2. The molecule has 1 N–H and O–H groups in total. The maximum Gasteiger partial charge on any atom is 0.264 e. The van der Waals surface area contributed by atoms with Gasteiger partial charge in [-0.1, -0.05) is 35.4 Å². The van der Waals surface area contributed by atoms with E-state index in [9.17, 15) is 16.8 Å². The first-order valence-electron chi connectivity index (χ1n) is 12.5. The van der Waals surface area contributed by atoms with Gasteiger partial charge in [0.05, 0.1) is 29.7 Å². The Hall–Kier alpha value is -3.32. The van der Waals surface area contributed by atoms with E-state index in [1.165, 1.54) is 50.9 Å². The monoisotopic (exact) mass is 590 g/mol. The zero-order valence-corrected chi connectivity index (χ0v) is 24.9. The Labute approximate surface area is 235 Å².